The van der Waals surface area contributed by atoms with E-state index in [-0.39, 0.29) is 10.7 Å². The van der Waals surface area contributed by atoms with Crippen molar-refractivity contribution in [3.63, 3.8) is 0 Å². The lowest BCUT2D eigenvalue weighted by molar-refractivity contribution is 0.321. The molecule has 0 aromatic rings. The van der Waals surface area contributed by atoms with Gasteiger partial charge in [0.2, 0.25) is 0 Å². The van der Waals surface area contributed by atoms with Crippen LogP contribution >= 0.6 is 0 Å². The fourth-order valence-corrected chi connectivity index (χ4v) is 3.18. The molecule has 0 heterocycles. The van der Waals surface area contributed by atoms with Gasteiger partial charge in [-0.25, -0.2) is 8.42 Å². The molecule has 1 rings (SSSR count). The van der Waals surface area contributed by atoms with Gasteiger partial charge in [-0.2, -0.15) is 0 Å². The molecule has 0 amide bonds. The Morgan fingerprint density at radius 2 is 1.92 bits per heavy atom. The molecule has 0 saturated heterocycles. The number of hydrogen-bond donors (Lipinski definition) is 2. The highest BCUT2D eigenvalue weighted by atomic mass is 32.2. The molecule has 78 valence electrons. The Bertz CT molecular complexity index is 270. The van der Waals surface area contributed by atoms with Gasteiger partial charge in [0.1, 0.15) is 9.84 Å². The minimum Gasteiger partial charge on any atom is -0.330 e. The van der Waals surface area contributed by atoms with Gasteiger partial charge >= 0.3 is 0 Å². The monoisotopic (exact) mass is 206 g/mol. The average molecular weight is 206 g/mol. The van der Waals surface area contributed by atoms with E-state index in [9.17, 15) is 8.42 Å². The van der Waals surface area contributed by atoms with Crippen molar-refractivity contribution in [1.29, 1.82) is 0 Å². The number of nitrogens with two attached hydrogens (primary N) is 2. The molecule has 5 heteroatoms. The Morgan fingerprint density at radius 3 is 2.15 bits per heavy atom. The molecule has 1 aliphatic rings. The van der Waals surface area contributed by atoms with Crippen LogP contribution < -0.4 is 11.5 Å². The Morgan fingerprint density at radius 1 is 1.38 bits per heavy atom. The highest BCUT2D eigenvalue weighted by molar-refractivity contribution is 7.91. The van der Waals surface area contributed by atoms with Gasteiger partial charge in [0.25, 0.3) is 0 Å². The van der Waals surface area contributed by atoms with E-state index in [4.69, 9.17) is 11.5 Å². The molecule has 1 fully saturated rings. The minimum atomic E-state index is -2.90. The second-order valence-corrected chi connectivity index (χ2v) is 6.43. The van der Waals surface area contributed by atoms with E-state index in [0.29, 0.717) is 25.9 Å². The first kappa shape index (κ1) is 10.9. The lowest BCUT2D eigenvalue weighted by Crippen LogP contribution is -2.36. The van der Waals surface area contributed by atoms with E-state index in [0.717, 1.165) is 6.42 Å². The summed E-state index contributed by atoms with van der Waals surface area (Å²) >= 11 is 0. The standard InChI is InChI=1S/C8H18N2O2S/c1-13(11,12)7-2-3-8(4-7,5-9)6-10/h7H,2-6,9-10H2,1H3. The van der Waals surface area contributed by atoms with Crippen LogP contribution in [0.2, 0.25) is 0 Å². The molecule has 1 unspecified atom stereocenters. The lowest BCUT2D eigenvalue weighted by Gasteiger charge is -2.25. The van der Waals surface area contributed by atoms with Crippen molar-refractivity contribution >= 4 is 9.84 Å². The average Bonchev–Trinajstić information content (AvgIpc) is 2.48. The Kier molecular flexibility index (Phi) is 2.99. The van der Waals surface area contributed by atoms with Crippen LogP contribution in [-0.4, -0.2) is 33.0 Å². The first-order valence-corrected chi connectivity index (χ1v) is 6.48. The largest absolute Gasteiger partial charge is 0.330 e. The summed E-state index contributed by atoms with van der Waals surface area (Å²) in [5, 5.41) is -0.223. The third-order valence-electron chi connectivity index (χ3n) is 3.13. The van der Waals surface area contributed by atoms with Crippen molar-refractivity contribution < 1.29 is 8.42 Å². The zero-order chi connectivity index (χ0) is 10.1. The molecular weight excluding hydrogens is 188 g/mol. The predicted molar refractivity (Wildman–Crippen MR) is 53.0 cm³/mol. The summed E-state index contributed by atoms with van der Waals surface area (Å²) in [5.41, 5.74) is 11.1. The topological polar surface area (TPSA) is 86.2 Å². The van der Waals surface area contributed by atoms with Crippen LogP contribution in [-0.2, 0) is 9.84 Å². The van der Waals surface area contributed by atoms with Crippen LogP contribution in [0.15, 0.2) is 0 Å². The van der Waals surface area contributed by atoms with E-state index in [1.54, 1.807) is 0 Å². The summed E-state index contributed by atoms with van der Waals surface area (Å²) in [6, 6.07) is 0. The van der Waals surface area contributed by atoms with Crippen LogP contribution in [0.5, 0.6) is 0 Å². The van der Waals surface area contributed by atoms with Crippen molar-refractivity contribution in [2.75, 3.05) is 19.3 Å². The fourth-order valence-electron chi connectivity index (χ4n) is 1.97. The molecule has 4 nitrogen and oxygen atoms in total. The van der Waals surface area contributed by atoms with Gasteiger partial charge in [-0.1, -0.05) is 0 Å². The maximum Gasteiger partial charge on any atom is 0.150 e. The van der Waals surface area contributed by atoms with E-state index in [2.05, 4.69) is 0 Å². The summed E-state index contributed by atoms with van der Waals surface area (Å²) in [6.07, 6.45) is 3.49. The van der Waals surface area contributed by atoms with Crippen molar-refractivity contribution in [1.82, 2.24) is 0 Å². The molecule has 0 spiro atoms. The van der Waals surface area contributed by atoms with E-state index >= 15 is 0 Å². The molecule has 0 bridgehead atoms. The molecule has 1 atom stereocenters. The fraction of sp³-hybridized carbons (Fsp3) is 1.00. The maximum atomic E-state index is 11.3. The minimum absolute atomic E-state index is 0.117. The molecule has 4 N–H and O–H groups in total. The van der Waals surface area contributed by atoms with Gasteiger partial charge in [0, 0.05) is 6.26 Å². The van der Waals surface area contributed by atoms with E-state index in [1.807, 2.05) is 0 Å². The van der Waals surface area contributed by atoms with Gasteiger partial charge in [-0.3, -0.25) is 0 Å². The van der Waals surface area contributed by atoms with Crippen molar-refractivity contribution in [3.8, 4) is 0 Å². The first-order valence-electron chi connectivity index (χ1n) is 4.52. The van der Waals surface area contributed by atoms with Crippen LogP contribution in [0.3, 0.4) is 0 Å². The smallest absolute Gasteiger partial charge is 0.150 e. The van der Waals surface area contributed by atoms with Crippen molar-refractivity contribution in [2.45, 2.75) is 24.5 Å². The SMILES string of the molecule is CS(=O)(=O)C1CCC(CN)(CN)C1. The van der Waals surface area contributed by atoms with Gasteiger partial charge in [-0.05, 0) is 37.8 Å². The van der Waals surface area contributed by atoms with Crippen LogP contribution in [0.1, 0.15) is 19.3 Å². The van der Waals surface area contributed by atoms with Crippen molar-refractivity contribution in [2.24, 2.45) is 16.9 Å². The third kappa shape index (κ3) is 2.21. The van der Waals surface area contributed by atoms with E-state index in [1.165, 1.54) is 6.26 Å². The Balaban J connectivity index is 2.73. The molecule has 0 aromatic carbocycles. The van der Waals surface area contributed by atoms with Gasteiger partial charge in [0.05, 0.1) is 5.25 Å². The second-order valence-electron chi connectivity index (χ2n) is 4.10. The van der Waals surface area contributed by atoms with Crippen molar-refractivity contribution in [3.05, 3.63) is 0 Å². The quantitative estimate of drug-likeness (QED) is 0.651. The molecule has 0 radical (unpaired) electrons. The highest BCUT2D eigenvalue weighted by Crippen LogP contribution is 2.39. The zero-order valence-electron chi connectivity index (χ0n) is 7.99. The summed E-state index contributed by atoms with van der Waals surface area (Å²) in [5.74, 6) is 0. The summed E-state index contributed by atoms with van der Waals surface area (Å²) in [4.78, 5) is 0. The molecule has 13 heavy (non-hydrogen) atoms. The van der Waals surface area contributed by atoms with Crippen LogP contribution in [0, 0.1) is 5.41 Å². The van der Waals surface area contributed by atoms with Gasteiger partial charge < -0.3 is 11.5 Å². The normalized spacial score (nSPS) is 27.8. The molecule has 0 aromatic heterocycles. The number of sulfone groups is 1. The molecule has 1 saturated carbocycles. The molecule has 1 aliphatic carbocycles. The zero-order valence-corrected chi connectivity index (χ0v) is 8.81. The first-order chi connectivity index (χ1) is 5.93. The van der Waals surface area contributed by atoms with Crippen LogP contribution in [0.25, 0.3) is 0 Å². The van der Waals surface area contributed by atoms with Crippen LogP contribution in [0.4, 0.5) is 0 Å². The third-order valence-corrected chi connectivity index (χ3v) is 4.74. The maximum absolute atomic E-state index is 11.3. The Hall–Kier alpha value is -0.130. The van der Waals surface area contributed by atoms with Gasteiger partial charge in [0.15, 0.2) is 0 Å². The second kappa shape index (κ2) is 3.55. The molecular formula is C8H18N2O2S. The summed E-state index contributed by atoms with van der Waals surface area (Å²) in [6.45, 7) is 0.991. The number of hydrogen-bond acceptors (Lipinski definition) is 4. The molecule has 0 aliphatic heterocycles. The summed E-state index contributed by atoms with van der Waals surface area (Å²) in [7, 11) is -2.90. The van der Waals surface area contributed by atoms with E-state index < -0.39 is 9.84 Å². The summed E-state index contributed by atoms with van der Waals surface area (Å²) < 4.78 is 22.5. The van der Waals surface area contributed by atoms with Gasteiger partial charge in [-0.15, -0.1) is 0 Å². The highest BCUT2D eigenvalue weighted by Gasteiger charge is 2.40. The lowest BCUT2D eigenvalue weighted by atomic mass is 9.87. The Labute approximate surface area is 79.6 Å². The predicted octanol–water partition coefficient (Wildman–Crippen LogP) is -0.513. The number of rotatable bonds is 3.